The Hall–Kier alpha value is -1.18. The number of piperazine rings is 1. The molecule has 0 saturated carbocycles. The molecule has 3 aliphatic rings. The van der Waals surface area contributed by atoms with Crippen LogP contribution in [0.1, 0.15) is 51.0 Å². The number of thiol groups is 1. The monoisotopic (exact) mass is 389 g/mol. The number of likely N-dealkylation sites (tertiary alicyclic amines) is 2. The van der Waals surface area contributed by atoms with Gasteiger partial charge in [0.25, 0.3) is 0 Å². The fraction of sp³-hybridized carbons (Fsp3) is 0.750. The van der Waals surface area contributed by atoms with E-state index in [4.69, 9.17) is 9.97 Å². The molecule has 1 aromatic rings. The second-order valence-electron chi connectivity index (χ2n) is 8.60. The highest BCUT2D eigenvalue weighted by molar-refractivity contribution is 7.96. The highest BCUT2D eigenvalue weighted by Crippen LogP contribution is 2.34. The van der Waals surface area contributed by atoms with Crippen molar-refractivity contribution in [2.45, 2.75) is 63.6 Å². The van der Waals surface area contributed by atoms with Gasteiger partial charge < -0.3 is 4.90 Å². The average Bonchev–Trinajstić information content (AvgIpc) is 2.91. The van der Waals surface area contributed by atoms with Crippen molar-refractivity contribution in [3.63, 3.8) is 0 Å². The summed E-state index contributed by atoms with van der Waals surface area (Å²) >= 11 is 3.89. The molecule has 0 amide bonds. The molecule has 0 spiro atoms. The molecule has 2 atom stereocenters. The van der Waals surface area contributed by atoms with Gasteiger partial charge >= 0.3 is 0 Å². The summed E-state index contributed by atoms with van der Waals surface area (Å²) in [6.45, 7) is 9.18. The van der Waals surface area contributed by atoms with Gasteiger partial charge in [-0.2, -0.15) is 0 Å². The van der Waals surface area contributed by atoms with Crippen molar-refractivity contribution in [2.75, 3.05) is 37.6 Å². The van der Waals surface area contributed by atoms with Gasteiger partial charge in [-0.05, 0) is 64.1 Å². The first-order valence-corrected chi connectivity index (χ1v) is 10.7. The van der Waals surface area contributed by atoms with Crippen molar-refractivity contribution in [2.24, 2.45) is 0 Å². The van der Waals surface area contributed by atoms with E-state index >= 15 is 0 Å². The minimum absolute atomic E-state index is 0.0478. The van der Waals surface area contributed by atoms with E-state index < -0.39 is 0 Å². The quantitative estimate of drug-likeness (QED) is 0.779. The maximum Gasteiger partial charge on any atom is 0.225 e. The molecule has 0 N–H and O–H groups in total. The van der Waals surface area contributed by atoms with E-state index in [0.29, 0.717) is 30.6 Å². The molecule has 4 heterocycles. The molecule has 148 valence electrons. The van der Waals surface area contributed by atoms with Crippen molar-refractivity contribution in [3.05, 3.63) is 18.0 Å². The third-order valence-electron chi connectivity index (χ3n) is 6.55. The Morgan fingerprint density at radius 1 is 1.11 bits per heavy atom. The fourth-order valence-electron chi connectivity index (χ4n) is 4.97. The Kier molecular flexibility index (Phi) is 5.71. The molecular formula is C20H31N5OS. The van der Waals surface area contributed by atoms with Crippen molar-refractivity contribution in [1.82, 2.24) is 19.8 Å². The fourth-order valence-corrected chi connectivity index (χ4v) is 5.17. The van der Waals surface area contributed by atoms with Crippen LogP contribution in [-0.2, 0) is 4.79 Å². The molecule has 0 aromatic carbocycles. The zero-order valence-corrected chi connectivity index (χ0v) is 17.3. The first-order chi connectivity index (χ1) is 13.0. The molecule has 3 saturated heterocycles. The van der Waals surface area contributed by atoms with Crippen LogP contribution >= 0.6 is 12.6 Å². The average molecular weight is 390 g/mol. The predicted octanol–water partition coefficient (Wildman–Crippen LogP) is 2.17. The highest BCUT2D eigenvalue weighted by Gasteiger charge is 2.41. The number of carbonyl (C=O) groups excluding carboxylic acids is 1. The number of carbonyl (C=O) groups is 1. The van der Waals surface area contributed by atoms with Crippen molar-refractivity contribution < 1.29 is 4.79 Å². The summed E-state index contributed by atoms with van der Waals surface area (Å²) in [5.74, 6) is 1.41. The lowest BCUT2D eigenvalue weighted by atomic mass is 9.91. The minimum atomic E-state index is -0.0478. The highest BCUT2D eigenvalue weighted by atomic mass is 32.1. The molecular weight excluding hydrogens is 358 g/mol. The summed E-state index contributed by atoms with van der Waals surface area (Å²) in [4.78, 5) is 28.0. The zero-order valence-electron chi connectivity index (χ0n) is 16.4. The number of piperidine rings is 1. The molecule has 2 unspecified atom stereocenters. The molecule has 27 heavy (non-hydrogen) atoms. The van der Waals surface area contributed by atoms with E-state index in [9.17, 15) is 4.79 Å². The van der Waals surface area contributed by atoms with Gasteiger partial charge in [-0.3, -0.25) is 14.6 Å². The van der Waals surface area contributed by atoms with Gasteiger partial charge in [0.15, 0.2) is 5.12 Å². The van der Waals surface area contributed by atoms with Gasteiger partial charge in [0.05, 0.1) is 6.54 Å². The Morgan fingerprint density at radius 2 is 1.70 bits per heavy atom. The van der Waals surface area contributed by atoms with E-state index in [2.05, 4.69) is 41.2 Å². The van der Waals surface area contributed by atoms with Crippen molar-refractivity contribution >= 4 is 23.7 Å². The normalized spacial score (nSPS) is 27.5. The first kappa shape index (κ1) is 19.2. The van der Waals surface area contributed by atoms with Gasteiger partial charge in [0.1, 0.15) is 0 Å². The van der Waals surface area contributed by atoms with E-state index in [0.717, 1.165) is 45.0 Å². The summed E-state index contributed by atoms with van der Waals surface area (Å²) in [5, 5.41) is -0.0478. The van der Waals surface area contributed by atoms with Gasteiger partial charge in [0, 0.05) is 43.6 Å². The SMILES string of the molecule is CC(C)N1CC2CCC(C1)N2c1ncc(C2CCN(CC(=O)S)CC2)cn1. The van der Waals surface area contributed by atoms with Crippen LogP contribution < -0.4 is 4.90 Å². The third-order valence-corrected chi connectivity index (χ3v) is 6.69. The number of hydrogen-bond donors (Lipinski definition) is 1. The van der Waals surface area contributed by atoms with Crippen molar-refractivity contribution in [3.8, 4) is 0 Å². The van der Waals surface area contributed by atoms with Gasteiger partial charge in [-0.15, -0.1) is 12.6 Å². The zero-order chi connectivity index (χ0) is 19.0. The van der Waals surface area contributed by atoms with Gasteiger partial charge in [0.2, 0.25) is 5.95 Å². The molecule has 1 aromatic heterocycles. The second kappa shape index (κ2) is 8.05. The molecule has 6 nitrogen and oxygen atoms in total. The van der Waals surface area contributed by atoms with Crippen LogP contribution in [0.5, 0.6) is 0 Å². The van der Waals surface area contributed by atoms with Crippen LogP contribution in [0.4, 0.5) is 5.95 Å². The van der Waals surface area contributed by atoms with Gasteiger partial charge in [-0.1, -0.05) is 0 Å². The molecule has 4 rings (SSSR count). The van der Waals surface area contributed by atoms with Crippen molar-refractivity contribution in [1.29, 1.82) is 0 Å². The number of anilines is 1. The van der Waals surface area contributed by atoms with Crippen LogP contribution in [0.15, 0.2) is 12.4 Å². The number of hydrogen-bond acceptors (Lipinski definition) is 6. The topological polar surface area (TPSA) is 52.6 Å². The summed E-state index contributed by atoms with van der Waals surface area (Å²) < 4.78 is 0. The first-order valence-electron chi connectivity index (χ1n) is 10.3. The molecule has 3 aliphatic heterocycles. The van der Waals surface area contributed by atoms with E-state index in [1.807, 2.05) is 12.4 Å². The Labute approximate surface area is 167 Å². The van der Waals surface area contributed by atoms with Crippen LogP contribution in [-0.4, -0.2) is 75.7 Å². The van der Waals surface area contributed by atoms with Gasteiger partial charge in [-0.25, -0.2) is 9.97 Å². The Bertz CT molecular complexity index is 645. The number of fused-ring (bicyclic) bond motifs is 2. The lowest BCUT2D eigenvalue weighted by molar-refractivity contribution is -0.112. The van der Waals surface area contributed by atoms with Crippen LogP contribution in [0.3, 0.4) is 0 Å². The minimum Gasteiger partial charge on any atom is -0.332 e. The van der Waals surface area contributed by atoms with E-state index in [-0.39, 0.29) is 5.12 Å². The van der Waals surface area contributed by atoms with Crippen LogP contribution in [0.25, 0.3) is 0 Å². The molecule has 7 heteroatoms. The molecule has 2 bridgehead atoms. The Balaban J connectivity index is 1.38. The predicted molar refractivity (Wildman–Crippen MR) is 110 cm³/mol. The largest absolute Gasteiger partial charge is 0.332 e. The van der Waals surface area contributed by atoms with E-state index in [1.54, 1.807) is 0 Å². The second-order valence-corrected chi connectivity index (χ2v) is 9.10. The summed E-state index contributed by atoms with van der Waals surface area (Å²) in [6.07, 6.45) is 8.70. The standard InChI is InChI=1S/C20H31N5OS/c1-14(2)24-11-17-3-4-18(12-24)25(17)20-21-9-16(10-22-20)15-5-7-23(8-6-15)13-19(26)27/h9-10,14-15,17-18H,3-8,11-13H2,1-2H3,(H,26,27). The Morgan fingerprint density at radius 3 is 2.22 bits per heavy atom. The lowest BCUT2D eigenvalue weighted by Gasteiger charge is -2.42. The van der Waals surface area contributed by atoms with Crippen LogP contribution in [0.2, 0.25) is 0 Å². The summed E-state index contributed by atoms with van der Waals surface area (Å²) in [5.41, 5.74) is 1.24. The maximum atomic E-state index is 11.2. The molecule has 0 aliphatic carbocycles. The summed E-state index contributed by atoms with van der Waals surface area (Å²) in [7, 11) is 0. The maximum absolute atomic E-state index is 11.2. The third kappa shape index (κ3) is 4.15. The molecule has 0 radical (unpaired) electrons. The number of nitrogens with zero attached hydrogens (tertiary/aromatic N) is 5. The smallest absolute Gasteiger partial charge is 0.225 e. The summed E-state index contributed by atoms with van der Waals surface area (Å²) in [6, 6.07) is 1.72. The number of rotatable bonds is 5. The van der Waals surface area contributed by atoms with Crippen LogP contribution in [0, 0.1) is 0 Å². The van der Waals surface area contributed by atoms with E-state index in [1.165, 1.54) is 18.4 Å². The lowest BCUT2D eigenvalue weighted by Crippen LogP contribution is -2.56. The molecule has 3 fully saturated rings. The number of aromatic nitrogens is 2.